The molecule has 1 atom stereocenters. The van der Waals surface area contributed by atoms with E-state index in [1.807, 2.05) is 17.8 Å². The van der Waals surface area contributed by atoms with Crippen LogP contribution in [0.25, 0.3) is 11.4 Å². The van der Waals surface area contributed by atoms with Crippen molar-refractivity contribution in [1.82, 2.24) is 19.5 Å². The lowest BCUT2D eigenvalue weighted by Gasteiger charge is -2.39. The first kappa shape index (κ1) is 29.2. The van der Waals surface area contributed by atoms with E-state index in [1.165, 1.54) is 18.3 Å². The van der Waals surface area contributed by atoms with Crippen molar-refractivity contribution >= 4 is 39.2 Å². The van der Waals surface area contributed by atoms with E-state index in [-0.39, 0.29) is 16.5 Å². The number of carbonyl (C=O) groups is 1. The van der Waals surface area contributed by atoms with Gasteiger partial charge in [-0.3, -0.25) is 4.79 Å². The van der Waals surface area contributed by atoms with Crippen LogP contribution in [0.1, 0.15) is 44.4 Å². The number of anilines is 3. The van der Waals surface area contributed by atoms with Gasteiger partial charge in [-0.05, 0) is 54.4 Å². The summed E-state index contributed by atoms with van der Waals surface area (Å²) in [6.07, 6.45) is 3.85. The Morgan fingerprint density at radius 2 is 2.00 bits per heavy atom. The van der Waals surface area contributed by atoms with Gasteiger partial charge in [-0.1, -0.05) is 27.7 Å². The fourth-order valence-corrected chi connectivity index (χ4v) is 5.74. The number of nitrogens with one attached hydrogen (secondary N) is 1. The summed E-state index contributed by atoms with van der Waals surface area (Å²) in [5, 5.41) is 13.2. The van der Waals surface area contributed by atoms with E-state index >= 15 is 0 Å². The summed E-state index contributed by atoms with van der Waals surface area (Å²) >= 11 is 0. The Morgan fingerprint density at radius 3 is 2.65 bits per heavy atom. The molecule has 1 aromatic carbocycles. The summed E-state index contributed by atoms with van der Waals surface area (Å²) in [7, 11) is 1.08. The number of carbonyl (C=O) groups excluding carboxylic acids is 1. The van der Waals surface area contributed by atoms with Gasteiger partial charge in [0, 0.05) is 43.1 Å². The number of aryl methyl sites for hydroxylation is 2. The van der Waals surface area contributed by atoms with Crippen molar-refractivity contribution < 1.29 is 9.22 Å². The SMILES string of the molecule is Cc1cc(Nc2ncnc(-c3cc(C#N)c4c(c3)[C@@](C)(CO[Si](C)(C)C(C)(C)C)CN4[B]C=O)n2)c(=O)n(C)c1. The van der Waals surface area contributed by atoms with Crippen LogP contribution in [0.5, 0.6) is 0 Å². The molecule has 0 unspecified atom stereocenters. The molecule has 12 heteroatoms. The Kier molecular flexibility index (Phi) is 7.75. The van der Waals surface area contributed by atoms with Crippen LogP contribution in [0, 0.1) is 18.3 Å². The van der Waals surface area contributed by atoms with Crippen molar-refractivity contribution in [1.29, 1.82) is 5.26 Å². The first-order valence-corrected chi connectivity index (χ1v) is 16.0. The van der Waals surface area contributed by atoms with Gasteiger partial charge in [-0.15, -0.1) is 0 Å². The first-order valence-electron chi connectivity index (χ1n) is 13.1. The number of nitrogens with zero attached hydrogens (tertiary/aromatic N) is 6. The Morgan fingerprint density at radius 1 is 1.27 bits per heavy atom. The van der Waals surface area contributed by atoms with E-state index in [0.717, 1.165) is 17.3 Å². The van der Waals surface area contributed by atoms with Crippen LogP contribution >= 0.6 is 0 Å². The quantitative estimate of drug-likeness (QED) is 0.323. The monoisotopic (exact) mass is 556 g/mol. The molecule has 1 aliphatic rings. The zero-order valence-corrected chi connectivity index (χ0v) is 25.4. The third-order valence-corrected chi connectivity index (χ3v) is 12.4. The molecule has 207 valence electrons. The highest BCUT2D eigenvalue weighted by Gasteiger charge is 2.44. The van der Waals surface area contributed by atoms with Gasteiger partial charge >= 0.3 is 7.41 Å². The Labute approximate surface area is 236 Å². The normalized spacial score (nSPS) is 16.8. The third kappa shape index (κ3) is 5.57. The predicted octanol–water partition coefficient (Wildman–Crippen LogP) is 4.07. The van der Waals surface area contributed by atoms with Crippen molar-refractivity contribution in [2.24, 2.45) is 7.05 Å². The molecule has 2 aromatic heterocycles. The van der Waals surface area contributed by atoms with Crippen LogP contribution in [0.2, 0.25) is 18.1 Å². The Bertz CT molecular complexity index is 1560. The highest BCUT2D eigenvalue weighted by Crippen LogP contribution is 2.46. The van der Waals surface area contributed by atoms with E-state index in [4.69, 9.17) is 4.43 Å². The lowest BCUT2D eigenvalue weighted by atomic mass is 9.83. The van der Waals surface area contributed by atoms with E-state index in [0.29, 0.717) is 41.5 Å². The number of fused-ring (bicyclic) bond motifs is 1. The van der Waals surface area contributed by atoms with Gasteiger partial charge in [0.05, 0.1) is 5.56 Å². The molecule has 1 radical (unpaired) electrons. The summed E-state index contributed by atoms with van der Waals surface area (Å²) in [4.78, 5) is 39.1. The lowest BCUT2D eigenvalue weighted by molar-refractivity contribution is 0.219. The summed E-state index contributed by atoms with van der Waals surface area (Å²) in [6, 6.07) is 7.72. The molecular weight excluding hydrogens is 521 g/mol. The molecule has 0 spiro atoms. The number of nitriles is 1. The maximum atomic E-state index is 12.6. The van der Waals surface area contributed by atoms with Gasteiger partial charge in [0.1, 0.15) is 24.3 Å². The first-order chi connectivity index (χ1) is 18.7. The minimum atomic E-state index is -2.07. The zero-order valence-electron chi connectivity index (χ0n) is 24.4. The molecule has 0 amide bonds. The van der Waals surface area contributed by atoms with Crippen LogP contribution in [-0.2, 0) is 21.7 Å². The molecule has 0 aliphatic carbocycles. The van der Waals surface area contributed by atoms with Gasteiger partial charge in [-0.25, -0.2) is 9.97 Å². The molecule has 1 N–H and O–H groups in total. The van der Waals surface area contributed by atoms with E-state index < -0.39 is 13.7 Å². The van der Waals surface area contributed by atoms with Crippen LogP contribution in [-0.4, -0.2) is 54.6 Å². The second-order valence-corrected chi connectivity index (χ2v) is 17.0. The molecule has 0 fully saturated rings. The number of pyridine rings is 1. The molecular formula is C28H35BN7O3Si. The van der Waals surface area contributed by atoms with Gasteiger partial charge < -0.3 is 23.9 Å². The lowest BCUT2D eigenvalue weighted by Crippen LogP contribution is -2.46. The predicted molar refractivity (Wildman–Crippen MR) is 160 cm³/mol. The van der Waals surface area contributed by atoms with Crippen LogP contribution in [0.3, 0.4) is 0 Å². The average molecular weight is 557 g/mol. The highest BCUT2D eigenvalue weighted by molar-refractivity contribution is 6.74. The van der Waals surface area contributed by atoms with Crippen LogP contribution in [0.15, 0.2) is 35.5 Å². The number of aromatic nitrogens is 4. The number of hydrogen-bond donors (Lipinski definition) is 1. The average Bonchev–Trinajstić information content (AvgIpc) is 3.17. The summed E-state index contributed by atoms with van der Waals surface area (Å²) in [5.41, 5.74) is 3.17. The van der Waals surface area contributed by atoms with Gasteiger partial charge in [0.25, 0.3) is 5.56 Å². The third-order valence-electron chi connectivity index (χ3n) is 7.88. The van der Waals surface area contributed by atoms with Crippen molar-refractivity contribution in [2.75, 3.05) is 23.3 Å². The largest absolute Gasteiger partial charge is 0.416 e. The molecule has 0 bridgehead atoms. The van der Waals surface area contributed by atoms with Crippen molar-refractivity contribution in [3.63, 3.8) is 0 Å². The summed E-state index contributed by atoms with van der Waals surface area (Å²) < 4.78 is 8.14. The topological polar surface area (TPSA) is 126 Å². The second kappa shape index (κ2) is 10.6. The highest BCUT2D eigenvalue weighted by atomic mass is 28.4. The minimum Gasteiger partial charge on any atom is -0.416 e. The molecule has 40 heavy (non-hydrogen) atoms. The molecule has 0 saturated heterocycles. The summed E-state index contributed by atoms with van der Waals surface area (Å²) in [6.45, 7) is 15.9. The molecule has 10 nitrogen and oxygen atoms in total. The Hall–Kier alpha value is -3.82. The van der Waals surface area contributed by atoms with Gasteiger partial charge in [0.2, 0.25) is 5.95 Å². The van der Waals surface area contributed by atoms with Gasteiger partial charge in [0.15, 0.2) is 14.1 Å². The maximum Gasteiger partial charge on any atom is 0.329 e. The Balaban J connectivity index is 1.77. The zero-order chi connectivity index (χ0) is 29.5. The van der Waals surface area contributed by atoms with E-state index in [2.05, 4.69) is 67.1 Å². The fourth-order valence-electron chi connectivity index (χ4n) is 4.63. The smallest absolute Gasteiger partial charge is 0.329 e. The van der Waals surface area contributed by atoms with Crippen LogP contribution in [0.4, 0.5) is 17.3 Å². The van der Waals surface area contributed by atoms with Crippen molar-refractivity contribution in [2.45, 2.75) is 58.2 Å². The number of rotatable bonds is 8. The second-order valence-electron chi connectivity index (χ2n) is 12.2. The van der Waals surface area contributed by atoms with Crippen LogP contribution < -0.4 is 15.7 Å². The number of hydrogen-bond acceptors (Lipinski definition) is 9. The maximum absolute atomic E-state index is 12.6. The van der Waals surface area contributed by atoms with Crippen molar-refractivity contribution in [3.8, 4) is 17.5 Å². The molecule has 0 saturated carbocycles. The molecule has 4 rings (SSSR count). The van der Waals surface area contributed by atoms with E-state index in [9.17, 15) is 14.9 Å². The molecule has 3 heterocycles. The number of benzene rings is 1. The van der Waals surface area contributed by atoms with Crippen molar-refractivity contribution in [3.05, 3.63) is 57.8 Å². The minimum absolute atomic E-state index is 0.0334. The molecule has 3 aromatic rings. The molecule has 1 aliphatic heterocycles. The summed E-state index contributed by atoms with van der Waals surface area (Å²) in [5.74, 6) is 0.568. The standard InChI is InChI=1S/C28H35BN7O3Si/c1-18-9-22(25(38)35(6)13-18)33-26-32-17-31-24(34-26)19-10-20(12-30)23-21(11-19)28(5,14-36(23)29-16-37)15-39-40(7,8)27(2,3)4/h9-11,13,16-17H,14-15H2,1-8H3,(H,31,32,33,34)/t28-/m1/s1. The fraction of sp³-hybridized carbons (Fsp3) is 0.429. The van der Waals surface area contributed by atoms with Gasteiger partial charge in [-0.2, -0.15) is 10.2 Å². The van der Waals surface area contributed by atoms with E-state index in [1.54, 1.807) is 25.4 Å².